The van der Waals surface area contributed by atoms with Crippen LogP contribution in [0.2, 0.25) is 0 Å². The number of nitro benzene ring substituents is 1. The van der Waals surface area contributed by atoms with E-state index >= 15 is 0 Å². The Morgan fingerprint density at radius 2 is 2.20 bits per heavy atom. The molecule has 104 valence electrons. The van der Waals surface area contributed by atoms with Crippen molar-refractivity contribution in [1.82, 2.24) is 4.98 Å². The van der Waals surface area contributed by atoms with Crippen LogP contribution in [0.1, 0.15) is 5.56 Å². The molecule has 0 aliphatic rings. The number of halogens is 1. The summed E-state index contributed by atoms with van der Waals surface area (Å²) in [6, 6.07) is 7.02. The zero-order valence-electron chi connectivity index (χ0n) is 10.7. The number of hydrogen-bond acceptors (Lipinski definition) is 5. The number of benzene rings is 1. The van der Waals surface area contributed by atoms with E-state index in [9.17, 15) is 14.5 Å². The molecule has 1 aromatic heterocycles. The Kier molecular flexibility index (Phi) is 4.09. The number of para-hydroxylation sites is 1. The third kappa shape index (κ3) is 2.82. The summed E-state index contributed by atoms with van der Waals surface area (Å²) < 4.78 is 18.9. The van der Waals surface area contributed by atoms with Crippen LogP contribution < -0.4 is 10.1 Å². The van der Waals surface area contributed by atoms with Crippen molar-refractivity contribution in [2.24, 2.45) is 0 Å². The van der Waals surface area contributed by atoms with Gasteiger partial charge in [0.15, 0.2) is 5.82 Å². The van der Waals surface area contributed by atoms with Gasteiger partial charge in [-0.3, -0.25) is 10.1 Å². The number of anilines is 1. The molecule has 1 aromatic carbocycles. The Balaban J connectivity index is 2.25. The molecule has 0 saturated heterocycles. The summed E-state index contributed by atoms with van der Waals surface area (Å²) >= 11 is 0. The van der Waals surface area contributed by atoms with Gasteiger partial charge >= 0.3 is 5.69 Å². The number of ether oxygens (including phenoxy) is 1. The number of nitrogens with zero attached hydrogens (tertiary/aromatic N) is 2. The van der Waals surface area contributed by atoms with E-state index in [-0.39, 0.29) is 12.4 Å². The predicted octanol–water partition coefficient (Wildman–Crippen LogP) is 2.75. The Morgan fingerprint density at radius 3 is 2.90 bits per heavy atom. The van der Waals surface area contributed by atoms with Crippen LogP contribution in [0.4, 0.5) is 15.9 Å². The average Bonchev–Trinajstić information content (AvgIpc) is 2.46. The Hall–Kier alpha value is -2.70. The summed E-state index contributed by atoms with van der Waals surface area (Å²) in [7, 11) is 1.69. The lowest BCUT2D eigenvalue weighted by atomic mass is 10.2. The van der Waals surface area contributed by atoms with Crippen LogP contribution in [0.5, 0.6) is 5.75 Å². The molecular formula is C13H12FN3O3. The third-order valence-corrected chi connectivity index (χ3v) is 2.64. The van der Waals surface area contributed by atoms with E-state index < -0.39 is 16.4 Å². The van der Waals surface area contributed by atoms with E-state index in [1.54, 1.807) is 25.4 Å². The van der Waals surface area contributed by atoms with Gasteiger partial charge in [-0.1, -0.05) is 12.1 Å². The molecule has 1 heterocycles. The second-order valence-electron chi connectivity index (χ2n) is 3.90. The normalized spacial score (nSPS) is 10.1. The summed E-state index contributed by atoms with van der Waals surface area (Å²) in [4.78, 5) is 14.2. The van der Waals surface area contributed by atoms with Crippen LogP contribution in [-0.2, 0) is 6.61 Å². The molecule has 0 spiro atoms. The Bertz CT molecular complexity index is 634. The summed E-state index contributed by atoms with van der Waals surface area (Å²) in [5.74, 6) is -0.566. The fourth-order valence-corrected chi connectivity index (χ4v) is 1.71. The van der Waals surface area contributed by atoms with Crippen molar-refractivity contribution in [3.63, 3.8) is 0 Å². The molecule has 7 heteroatoms. The number of aromatic nitrogens is 1. The van der Waals surface area contributed by atoms with Gasteiger partial charge in [0.2, 0.25) is 5.75 Å². The molecule has 0 unspecified atom stereocenters. The van der Waals surface area contributed by atoms with Crippen molar-refractivity contribution in [2.45, 2.75) is 6.61 Å². The van der Waals surface area contributed by atoms with Crippen molar-refractivity contribution in [2.75, 3.05) is 12.4 Å². The average molecular weight is 277 g/mol. The molecule has 0 aliphatic heterocycles. The number of rotatable bonds is 5. The molecule has 0 atom stereocenters. The highest BCUT2D eigenvalue weighted by molar-refractivity contribution is 5.48. The molecule has 0 saturated carbocycles. The maximum absolute atomic E-state index is 13.6. The molecule has 0 fully saturated rings. The Labute approximate surface area is 114 Å². The number of nitro groups is 1. The highest BCUT2D eigenvalue weighted by Crippen LogP contribution is 2.30. The van der Waals surface area contributed by atoms with Gasteiger partial charge in [-0.05, 0) is 12.1 Å². The van der Waals surface area contributed by atoms with Crippen LogP contribution in [0.3, 0.4) is 0 Å². The quantitative estimate of drug-likeness (QED) is 0.671. The topological polar surface area (TPSA) is 77.3 Å². The van der Waals surface area contributed by atoms with Crippen molar-refractivity contribution < 1.29 is 14.1 Å². The van der Waals surface area contributed by atoms with E-state index in [0.717, 1.165) is 6.07 Å². The molecule has 1 N–H and O–H groups in total. The lowest BCUT2D eigenvalue weighted by Gasteiger charge is -2.10. The van der Waals surface area contributed by atoms with E-state index in [4.69, 9.17) is 4.74 Å². The summed E-state index contributed by atoms with van der Waals surface area (Å²) in [5.41, 5.74) is 0.271. The number of nitrogens with one attached hydrogen (secondary N) is 1. The zero-order chi connectivity index (χ0) is 14.5. The molecule has 6 nitrogen and oxygen atoms in total. The minimum absolute atomic E-state index is 0.0220. The van der Waals surface area contributed by atoms with Crippen LogP contribution >= 0.6 is 0 Å². The summed E-state index contributed by atoms with van der Waals surface area (Å²) in [6.07, 6.45) is 1.60. The molecule has 20 heavy (non-hydrogen) atoms. The maximum Gasteiger partial charge on any atom is 0.314 e. The first-order valence-corrected chi connectivity index (χ1v) is 5.81. The molecule has 0 amide bonds. The summed E-state index contributed by atoms with van der Waals surface area (Å²) in [6.45, 7) is -0.0220. The van der Waals surface area contributed by atoms with Gasteiger partial charge in [-0.25, -0.2) is 9.37 Å². The van der Waals surface area contributed by atoms with E-state index in [2.05, 4.69) is 10.3 Å². The van der Waals surface area contributed by atoms with Crippen LogP contribution in [0.15, 0.2) is 36.5 Å². The van der Waals surface area contributed by atoms with Crippen molar-refractivity contribution in [3.05, 3.63) is 58.0 Å². The minimum atomic E-state index is -0.769. The lowest BCUT2D eigenvalue weighted by molar-refractivity contribution is -0.386. The second-order valence-corrected chi connectivity index (χ2v) is 3.90. The predicted molar refractivity (Wildman–Crippen MR) is 71.2 cm³/mol. The minimum Gasteiger partial charge on any atom is -0.480 e. The van der Waals surface area contributed by atoms with Crippen molar-refractivity contribution in [3.8, 4) is 5.75 Å². The van der Waals surface area contributed by atoms with Gasteiger partial charge in [-0.15, -0.1) is 0 Å². The second kappa shape index (κ2) is 5.96. The monoisotopic (exact) mass is 277 g/mol. The van der Waals surface area contributed by atoms with Crippen molar-refractivity contribution >= 4 is 11.5 Å². The number of hydrogen-bond donors (Lipinski definition) is 1. The van der Waals surface area contributed by atoms with E-state index in [0.29, 0.717) is 11.4 Å². The number of pyridine rings is 1. The van der Waals surface area contributed by atoms with Crippen molar-refractivity contribution in [1.29, 1.82) is 0 Å². The molecular weight excluding hydrogens is 265 g/mol. The zero-order valence-corrected chi connectivity index (χ0v) is 10.7. The first kappa shape index (κ1) is 13.7. The van der Waals surface area contributed by atoms with Gasteiger partial charge < -0.3 is 10.1 Å². The maximum atomic E-state index is 13.6. The fourth-order valence-electron chi connectivity index (χ4n) is 1.71. The highest BCUT2D eigenvalue weighted by atomic mass is 19.1. The highest BCUT2D eigenvalue weighted by Gasteiger charge is 2.19. The van der Waals surface area contributed by atoms with Crippen LogP contribution in [0, 0.1) is 15.9 Å². The van der Waals surface area contributed by atoms with Crippen LogP contribution in [-0.4, -0.2) is 17.0 Å². The van der Waals surface area contributed by atoms with Gasteiger partial charge in [0.1, 0.15) is 12.4 Å². The molecule has 0 aliphatic carbocycles. The molecule has 0 radical (unpaired) electrons. The standard InChI is InChI=1S/C13H12FN3O3/c1-15-13-9(4-3-7-16-13)8-20-12-10(14)5-2-6-11(12)17(18)19/h2-7H,8H2,1H3,(H,15,16). The van der Waals surface area contributed by atoms with Gasteiger partial charge in [0.05, 0.1) is 4.92 Å². The van der Waals surface area contributed by atoms with Crippen LogP contribution in [0.25, 0.3) is 0 Å². The van der Waals surface area contributed by atoms with E-state index in [1.165, 1.54) is 12.1 Å². The summed E-state index contributed by atoms with van der Waals surface area (Å²) in [5, 5.41) is 13.7. The Morgan fingerprint density at radius 1 is 1.40 bits per heavy atom. The first-order valence-electron chi connectivity index (χ1n) is 5.81. The third-order valence-electron chi connectivity index (χ3n) is 2.64. The molecule has 2 aromatic rings. The first-order chi connectivity index (χ1) is 9.63. The van der Waals surface area contributed by atoms with Gasteiger partial charge in [-0.2, -0.15) is 0 Å². The van der Waals surface area contributed by atoms with Gasteiger partial charge in [0, 0.05) is 24.9 Å². The smallest absolute Gasteiger partial charge is 0.314 e. The van der Waals surface area contributed by atoms with Gasteiger partial charge in [0.25, 0.3) is 0 Å². The lowest BCUT2D eigenvalue weighted by Crippen LogP contribution is -2.04. The molecule has 2 rings (SSSR count). The SMILES string of the molecule is CNc1ncccc1COc1c(F)cccc1[N+](=O)[O-]. The molecule has 0 bridgehead atoms. The largest absolute Gasteiger partial charge is 0.480 e. The van der Waals surface area contributed by atoms with E-state index in [1.807, 2.05) is 0 Å². The fraction of sp³-hybridized carbons (Fsp3) is 0.154.